The molecule has 0 aliphatic carbocycles. The normalized spacial score (nSPS) is 26.3. The molecule has 13 heavy (non-hydrogen) atoms. The maximum absolute atomic E-state index is 5.65. The first-order valence-corrected chi connectivity index (χ1v) is 5.71. The molecule has 1 aliphatic heterocycles. The van der Waals surface area contributed by atoms with E-state index in [0.717, 1.165) is 12.6 Å². The first-order valence-electron chi connectivity index (χ1n) is 5.71. The highest BCUT2D eigenvalue weighted by molar-refractivity contribution is 4.77. The van der Waals surface area contributed by atoms with E-state index in [1.807, 2.05) is 0 Å². The molecule has 1 rings (SSSR count). The summed E-state index contributed by atoms with van der Waals surface area (Å²) in [6.45, 7) is 6.72. The van der Waals surface area contributed by atoms with Crippen molar-refractivity contribution in [1.82, 2.24) is 4.90 Å². The third kappa shape index (κ3) is 3.28. The lowest BCUT2D eigenvalue weighted by atomic mass is 10.1. The Morgan fingerprint density at radius 3 is 2.69 bits per heavy atom. The number of hydrogen-bond acceptors (Lipinski definition) is 2. The van der Waals surface area contributed by atoms with Crippen LogP contribution in [0.4, 0.5) is 0 Å². The summed E-state index contributed by atoms with van der Waals surface area (Å²) in [7, 11) is 0. The summed E-state index contributed by atoms with van der Waals surface area (Å²) < 4.78 is 0. The molecule has 0 aromatic heterocycles. The fourth-order valence-electron chi connectivity index (χ4n) is 2.38. The van der Waals surface area contributed by atoms with Gasteiger partial charge in [-0.05, 0) is 46.2 Å². The van der Waals surface area contributed by atoms with Crippen LogP contribution in [0.2, 0.25) is 0 Å². The summed E-state index contributed by atoms with van der Waals surface area (Å²) in [5.74, 6) is 0. The molecule has 0 saturated carbocycles. The van der Waals surface area contributed by atoms with Crippen LogP contribution in [-0.2, 0) is 0 Å². The molecule has 1 heterocycles. The van der Waals surface area contributed by atoms with Gasteiger partial charge >= 0.3 is 0 Å². The second-order valence-corrected chi connectivity index (χ2v) is 4.41. The topological polar surface area (TPSA) is 29.3 Å². The molecule has 2 nitrogen and oxygen atoms in total. The van der Waals surface area contributed by atoms with Crippen molar-refractivity contribution in [2.24, 2.45) is 5.73 Å². The summed E-state index contributed by atoms with van der Waals surface area (Å²) in [6, 6.07) is 1.45. The fourth-order valence-corrected chi connectivity index (χ4v) is 2.38. The zero-order chi connectivity index (χ0) is 9.68. The van der Waals surface area contributed by atoms with E-state index in [2.05, 4.69) is 18.7 Å². The Morgan fingerprint density at radius 2 is 2.08 bits per heavy atom. The largest absolute Gasteiger partial charge is 0.330 e. The van der Waals surface area contributed by atoms with Crippen LogP contribution in [-0.4, -0.2) is 30.1 Å². The number of nitrogens with two attached hydrogens (primary N) is 1. The fraction of sp³-hybridized carbons (Fsp3) is 1.00. The summed E-state index contributed by atoms with van der Waals surface area (Å²) in [5.41, 5.74) is 5.65. The van der Waals surface area contributed by atoms with Gasteiger partial charge in [-0.3, -0.25) is 4.90 Å². The highest BCUT2D eigenvalue weighted by Gasteiger charge is 2.21. The number of hydrogen-bond donors (Lipinski definition) is 1. The zero-order valence-electron chi connectivity index (χ0n) is 9.13. The van der Waals surface area contributed by atoms with Crippen molar-refractivity contribution < 1.29 is 0 Å². The third-order valence-electron chi connectivity index (χ3n) is 3.09. The quantitative estimate of drug-likeness (QED) is 0.727. The molecule has 0 aromatic rings. The van der Waals surface area contributed by atoms with Crippen LogP contribution in [0.1, 0.15) is 46.0 Å². The molecule has 1 unspecified atom stereocenters. The summed E-state index contributed by atoms with van der Waals surface area (Å²) >= 11 is 0. The molecule has 0 bridgehead atoms. The van der Waals surface area contributed by atoms with Crippen LogP contribution in [0, 0.1) is 0 Å². The van der Waals surface area contributed by atoms with Crippen molar-refractivity contribution in [1.29, 1.82) is 0 Å². The van der Waals surface area contributed by atoms with Crippen LogP contribution in [0.5, 0.6) is 0 Å². The van der Waals surface area contributed by atoms with Gasteiger partial charge in [0.2, 0.25) is 0 Å². The van der Waals surface area contributed by atoms with Gasteiger partial charge in [-0.2, -0.15) is 0 Å². The maximum Gasteiger partial charge on any atom is 0.0110 e. The van der Waals surface area contributed by atoms with Gasteiger partial charge in [0.1, 0.15) is 0 Å². The van der Waals surface area contributed by atoms with Gasteiger partial charge < -0.3 is 5.73 Å². The van der Waals surface area contributed by atoms with Crippen molar-refractivity contribution in [3.63, 3.8) is 0 Å². The van der Waals surface area contributed by atoms with E-state index < -0.39 is 0 Å². The molecule has 0 amide bonds. The van der Waals surface area contributed by atoms with Gasteiger partial charge in [0.15, 0.2) is 0 Å². The molecule has 78 valence electrons. The summed E-state index contributed by atoms with van der Waals surface area (Å²) in [5, 5.41) is 0. The van der Waals surface area contributed by atoms with Crippen LogP contribution in [0.15, 0.2) is 0 Å². The molecule has 0 radical (unpaired) electrons. The average Bonchev–Trinajstić information content (AvgIpc) is 2.30. The molecule has 1 atom stereocenters. The average molecular weight is 184 g/mol. The number of rotatable bonds is 3. The molecular formula is C11H24N2. The Bertz CT molecular complexity index is 134. The Labute approximate surface area is 82.5 Å². The maximum atomic E-state index is 5.65. The lowest BCUT2D eigenvalue weighted by Gasteiger charge is -2.33. The van der Waals surface area contributed by atoms with E-state index in [-0.39, 0.29) is 0 Å². The molecule has 0 aromatic carbocycles. The minimum atomic E-state index is 0.689. The minimum Gasteiger partial charge on any atom is -0.330 e. The van der Waals surface area contributed by atoms with Gasteiger partial charge in [-0.25, -0.2) is 0 Å². The van der Waals surface area contributed by atoms with Crippen molar-refractivity contribution in [3.05, 3.63) is 0 Å². The predicted molar refractivity (Wildman–Crippen MR) is 57.8 cm³/mol. The monoisotopic (exact) mass is 184 g/mol. The Balaban J connectivity index is 2.50. The Kier molecular flexibility index (Phi) is 4.74. The first-order chi connectivity index (χ1) is 6.25. The second kappa shape index (κ2) is 5.61. The van der Waals surface area contributed by atoms with Crippen LogP contribution in [0.25, 0.3) is 0 Å². The van der Waals surface area contributed by atoms with Crippen molar-refractivity contribution in [2.45, 2.75) is 58.0 Å². The standard InChI is InChI=1S/C11H24N2/c1-10(2)13-9-5-3-4-6-11(13)7-8-12/h10-11H,3-9,12H2,1-2H3. The predicted octanol–water partition coefficient (Wildman–Crippen LogP) is 1.99. The molecule has 1 saturated heterocycles. The first kappa shape index (κ1) is 11.0. The van der Waals surface area contributed by atoms with E-state index >= 15 is 0 Å². The highest BCUT2D eigenvalue weighted by atomic mass is 15.2. The van der Waals surface area contributed by atoms with Gasteiger partial charge in [0.25, 0.3) is 0 Å². The third-order valence-corrected chi connectivity index (χ3v) is 3.09. The Hall–Kier alpha value is -0.0800. The summed E-state index contributed by atoms with van der Waals surface area (Å²) in [6.07, 6.45) is 6.71. The molecule has 1 aliphatic rings. The van der Waals surface area contributed by atoms with Crippen molar-refractivity contribution >= 4 is 0 Å². The number of likely N-dealkylation sites (tertiary alicyclic amines) is 1. The molecule has 2 N–H and O–H groups in total. The van der Waals surface area contributed by atoms with Crippen molar-refractivity contribution in [2.75, 3.05) is 13.1 Å². The second-order valence-electron chi connectivity index (χ2n) is 4.41. The van der Waals surface area contributed by atoms with E-state index in [1.54, 1.807) is 0 Å². The van der Waals surface area contributed by atoms with Gasteiger partial charge in [0, 0.05) is 12.1 Å². The lowest BCUT2D eigenvalue weighted by Crippen LogP contribution is -2.41. The van der Waals surface area contributed by atoms with Crippen LogP contribution >= 0.6 is 0 Å². The molecular weight excluding hydrogens is 160 g/mol. The van der Waals surface area contributed by atoms with E-state index in [0.29, 0.717) is 6.04 Å². The van der Waals surface area contributed by atoms with Gasteiger partial charge in [-0.15, -0.1) is 0 Å². The lowest BCUT2D eigenvalue weighted by molar-refractivity contribution is 0.150. The molecule has 2 heteroatoms. The van der Waals surface area contributed by atoms with Crippen molar-refractivity contribution in [3.8, 4) is 0 Å². The molecule has 1 fully saturated rings. The van der Waals surface area contributed by atoms with E-state index in [9.17, 15) is 0 Å². The molecule has 0 spiro atoms. The zero-order valence-corrected chi connectivity index (χ0v) is 9.13. The SMILES string of the molecule is CC(C)N1CCCCCC1CCN. The minimum absolute atomic E-state index is 0.689. The van der Waals surface area contributed by atoms with Crippen LogP contribution in [0.3, 0.4) is 0 Å². The highest BCUT2D eigenvalue weighted by Crippen LogP contribution is 2.20. The van der Waals surface area contributed by atoms with Crippen LogP contribution < -0.4 is 5.73 Å². The van der Waals surface area contributed by atoms with E-state index in [1.165, 1.54) is 38.6 Å². The van der Waals surface area contributed by atoms with Gasteiger partial charge in [0.05, 0.1) is 0 Å². The van der Waals surface area contributed by atoms with Gasteiger partial charge in [-0.1, -0.05) is 12.8 Å². The summed E-state index contributed by atoms with van der Waals surface area (Å²) in [4.78, 5) is 2.64. The smallest absolute Gasteiger partial charge is 0.0110 e. The van der Waals surface area contributed by atoms with E-state index in [4.69, 9.17) is 5.73 Å². The Morgan fingerprint density at radius 1 is 1.31 bits per heavy atom. The number of nitrogens with zero attached hydrogens (tertiary/aromatic N) is 1.